The van der Waals surface area contributed by atoms with Crippen molar-refractivity contribution in [2.45, 2.75) is 63.8 Å². The highest BCUT2D eigenvalue weighted by Gasteiger charge is 2.35. The Labute approximate surface area is 158 Å². The Hall–Kier alpha value is -2.54. The van der Waals surface area contributed by atoms with E-state index < -0.39 is 5.54 Å². The van der Waals surface area contributed by atoms with Gasteiger partial charge in [0, 0.05) is 18.4 Å². The van der Waals surface area contributed by atoms with Gasteiger partial charge in [0.1, 0.15) is 0 Å². The third-order valence-corrected chi connectivity index (χ3v) is 5.27. The maximum absolute atomic E-state index is 6.37. The predicted octanol–water partition coefficient (Wildman–Crippen LogP) is 3.76. The first-order chi connectivity index (χ1) is 13.0. The molecule has 2 heterocycles. The predicted molar refractivity (Wildman–Crippen MR) is 99.9 cm³/mol. The van der Waals surface area contributed by atoms with E-state index in [0.29, 0.717) is 42.2 Å². The highest BCUT2D eigenvalue weighted by atomic mass is 16.5. The Morgan fingerprint density at radius 1 is 0.963 bits per heavy atom. The molecule has 7 heteroatoms. The molecule has 142 valence electrons. The number of benzene rings is 1. The second kappa shape index (κ2) is 7.23. The van der Waals surface area contributed by atoms with Crippen LogP contribution < -0.4 is 5.73 Å². The zero-order valence-electron chi connectivity index (χ0n) is 15.8. The monoisotopic (exact) mass is 367 g/mol. The molecule has 1 fully saturated rings. The minimum absolute atomic E-state index is 0.429. The van der Waals surface area contributed by atoms with Gasteiger partial charge in [0.15, 0.2) is 5.82 Å². The van der Waals surface area contributed by atoms with Crippen molar-refractivity contribution in [3.8, 4) is 11.4 Å². The number of rotatable bonds is 6. The Balaban J connectivity index is 1.39. The van der Waals surface area contributed by atoms with E-state index >= 15 is 0 Å². The van der Waals surface area contributed by atoms with Crippen LogP contribution in [0.5, 0.6) is 0 Å². The van der Waals surface area contributed by atoms with Crippen LogP contribution in [0, 0.1) is 0 Å². The van der Waals surface area contributed by atoms with Crippen LogP contribution >= 0.6 is 0 Å². The molecule has 0 spiro atoms. The van der Waals surface area contributed by atoms with Gasteiger partial charge in [0.2, 0.25) is 17.6 Å². The molecule has 0 saturated heterocycles. The van der Waals surface area contributed by atoms with Gasteiger partial charge in [-0.1, -0.05) is 61.3 Å². The minimum Gasteiger partial charge on any atom is -0.339 e. The number of aromatic nitrogens is 4. The summed E-state index contributed by atoms with van der Waals surface area (Å²) in [6, 6.07) is 8.25. The van der Waals surface area contributed by atoms with Gasteiger partial charge in [-0.05, 0) is 24.3 Å². The fourth-order valence-corrected chi connectivity index (χ4v) is 3.49. The molecule has 7 nitrogen and oxygen atoms in total. The third-order valence-electron chi connectivity index (χ3n) is 5.27. The lowest BCUT2D eigenvalue weighted by molar-refractivity contribution is 0.339. The van der Waals surface area contributed by atoms with Crippen molar-refractivity contribution >= 4 is 0 Å². The fourth-order valence-electron chi connectivity index (χ4n) is 3.49. The van der Waals surface area contributed by atoms with E-state index in [1.807, 2.05) is 12.1 Å². The molecule has 1 saturated carbocycles. The lowest BCUT2D eigenvalue weighted by atomic mass is 9.99. The summed E-state index contributed by atoms with van der Waals surface area (Å²) in [6.45, 7) is 4.34. The summed E-state index contributed by atoms with van der Waals surface area (Å²) in [5, 5.41) is 8.16. The van der Waals surface area contributed by atoms with E-state index in [1.165, 1.54) is 5.56 Å². The van der Waals surface area contributed by atoms with Crippen molar-refractivity contribution in [1.29, 1.82) is 0 Å². The molecule has 27 heavy (non-hydrogen) atoms. The summed E-state index contributed by atoms with van der Waals surface area (Å²) in [7, 11) is 0. The molecule has 2 N–H and O–H groups in total. The van der Waals surface area contributed by atoms with Crippen LogP contribution in [-0.2, 0) is 18.4 Å². The van der Waals surface area contributed by atoms with Crippen molar-refractivity contribution in [3.05, 3.63) is 47.4 Å². The molecule has 4 rings (SSSR count). The maximum atomic E-state index is 6.37. The average Bonchev–Trinajstić information content (AvgIpc) is 3.41. The van der Waals surface area contributed by atoms with Crippen molar-refractivity contribution in [3.63, 3.8) is 0 Å². The Morgan fingerprint density at radius 3 is 2.26 bits per heavy atom. The van der Waals surface area contributed by atoms with E-state index in [4.69, 9.17) is 14.8 Å². The van der Waals surface area contributed by atoms with E-state index in [9.17, 15) is 0 Å². The van der Waals surface area contributed by atoms with Crippen LogP contribution in [0.4, 0.5) is 0 Å². The van der Waals surface area contributed by atoms with Gasteiger partial charge in [-0.25, -0.2) is 0 Å². The molecule has 0 radical (unpaired) electrons. The summed E-state index contributed by atoms with van der Waals surface area (Å²) in [4.78, 5) is 8.95. The van der Waals surface area contributed by atoms with E-state index in [-0.39, 0.29) is 0 Å². The molecule has 2 aromatic heterocycles. The van der Waals surface area contributed by atoms with Crippen LogP contribution in [0.2, 0.25) is 0 Å². The highest BCUT2D eigenvalue weighted by molar-refractivity contribution is 5.54. The van der Waals surface area contributed by atoms with Gasteiger partial charge in [-0.15, -0.1) is 0 Å². The van der Waals surface area contributed by atoms with Crippen LogP contribution in [0.25, 0.3) is 11.4 Å². The number of nitrogens with two attached hydrogens (primary N) is 1. The van der Waals surface area contributed by atoms with Gasteiger partial charge in [-0.3, -0.25) is 0 Å². The van der Waals surface area contributed by atoms with E-state index in [0.717, 1.165) is 31.2 Å². The second-order valence-corrected chi connectivity index (χ2v) is 7.66. The average molecular weight is 367 g/mol. The van der Waals surface area contributed by atoms with Crippen LogP contribution in [0.3, 0.4) is 0 Å². The summed E-state index contributed by atoms with van der Waals surface area (Å²) < 4.78 is 10.7. The van der Waals surface area contributed by atoms with Crippen LogP contribution in [-0.4, -0.2) is 20.3 Å². The summed E-state index contributed by atoms with van der Waals surface area (Å²) in [5.74, 6) is 2.82. The van der Waals surface area contributed by atoms with Crippen LogP contribution in [0.1, 0.15) is 68.6 Å². The molecule has 1 aromatic carbocycles. The first-order valence-corrected chi connectivity index (χ1v) is 9.58. The smallest absolute Gasteiger partial charge is 0.227 e. The molecule has 0 amide bonds. The normalized spacial score (nSPS) is 16.3. The van der Waals surface area contributed by atoms with Gasteiger partial charge in [0.25, 0.3) is 0 Å². The zero-order chi connectivity index (χ0) is 18.9. The van der Waals surface area contributed by atoms with Gasteiger partial charge >= 0.3 is 0 Å². The fraction of sp³-hybridized carbons (Fsp3) is 0.500. The molecule has 0 bridgehead atoms. The Kier molecular flexibility index (Phi) is 4.78. The van der Waals surface area contributed by atoms with Crippen molar-refractivity contribution < 1.29 is 9.05 Å². The topological polar surface area (TPSA) is 104 Å². The zero-order valence-corrected chi connectivity index (χ0v) is 15.8. The molecule has 1 aliphatic carbocycles. The van der Waals surface area contributed by atoms with E-state index in [1.54, 1.807) is 0 Å². The lowest BCUT2D eigenvalue weighted by Crippen LogP contribution is -2.34. The van der Waals surface area contributed by atoms with Gasteiger partial charge in [-0.2, -0.15) is 9.97 Å². The van der Waals surface area contributed by atoms with Crippen molar-refractivity contribution in [2.75, 3.05) is 0 Å². The Morgan fingerprint density at radius 2 is 1.59 bits per heavy atom. The number of hydrogen-bond acceptors (Lipinski definition) is 7. The van der Waals surface area contributed by atoms with E-state index in [2.05, 4.69) is 46.3 Å². The number of nitrogens with zero attached hydrogens (tertiary/aromatic N) is 4. The molecule has 0 unspecified atom stereocenters. The molecular formula is C20H25N5O2. The largest absolute Gasteiger partial charge is 0.339 e. The molecule has 0 aliphatic heterocycles. The summed E-state index contributed by atoms with van der Waals surface area (Å²) in [6.07, 6.45) is 5.16. The molecule has 1 aliphatic rings. The first kappa shape index (κ1) is 17.9. The highest BCUT2D eigenvalue weighted by Crippen LogP contribution is 2.34. The SMILES string of the molecule is CC(C)c1ccc(-c2noc(CCc3nc(C4(N)CCCC4)no3)n2)cc1. The van der Waals surface area contributed by atoms with Crippen molar-refractivity contribution in [1.82, 2.24) is 20.3 Å². The Bertz CT molecular complexity index is 891. The number of hydrogen-bond donors (Lipinski definition) is 1. The minimum atomic E-state index is -0.429. The maximum Gasteiger partial charge on any atom is 0.227 e. The molecular weight excluding hydrogens is 342 g/mol. The van der Waals surface area contributed by atoms with Gasteiger partial charge < -0.3 is 14.8 Å². The standard InChI is InChI=1S/C20H25N5O2/c1-13(2)14-5-7-15(8-6-14)18-22-16(26-24-18)9-10-17-23-19(25-27-17)20(21)11-3-4-12-20/h5-8,13H,3-4,9-12,21H2,1-2H3. The second-order valence-electron chi connectivity index (χ2n) is 7.66. The summed E-state index contributed by atoms with van der Waals surface area (Å²) >= 11 is 0. The van der Waals surface area contributed by atoms with Gasteiger partial charge in [0.05, 0.1) is 5.54 Å². The van der Waals surface area contributed by atoms with Crippen molar-refractivity contribution in [2.24, 2.45) is 5.73 Å². The molecule has 3 aromatic rings. The molecule has 0 atom stereocenters. The number of aryl methyl sites for hydroxylation is 2. The quantitative estimate of drug-likeness (QED) is 0.707. The lowest BCUT2D eigenvalue weighted by Gasteiger charge is -2.17. The first-order valence-electron chi connectivity index (χ1n) is 9.58. The summed E-state index contributed by atoms with van der Waals surface area (Å²) in [5.41, 5.74) is 8.17. The van der Waals surface area contributed by atoms with Crippen LogP contribution in [0.15, 0.2) is 33.3 Å². The third kappa shape index (κ3) is 3.78.